The van der Waals surface area contributed by atoms with Gasteiger partial charge in [0.15, 0.2) is 17.1 Å². The first-order chi connectivity index (χ1) is 11.0. The van der Waals surface area contributed by atoms with Crippen LogP contribution in [0.2, 0.25) is 0 Å². The number of ether oxygens (including phenoxy) is 1. The summed E-state index contributed by atoms with van der Waals surface area (Å²) in [7, 11) is 1.33. The third kappa shape index (κ3) is 3.48. The van der Waals surface area contributed by atoms with Gasteiger partial charge in [0.1, 0.15) is 0 Å². The Kier molecular flexibility index (Phi) is 4.64. The molecule has 0 atom stereocenters. The Morgan fingerprint density at radius 2 is 2.04 bits per heavy atom. The molecule has 23 heavy (non-hydrogen) atoms. The lowest BCUT2D eigenvalue weighted by Gasteiger charge is -2.05. The smallest absolute Gasteiger partial charge is 0.333 e. The Labute approximate surface area is 129 Å². The van der Waals surface area contributed by atoms with Crippen LogP contribution in [0.25, 0.3) is 11.0 Å². The summed E-state index contributed by atoms with van der Waals surface area (Å²) in [6.45, 7) is 2.12. The molecule has 3 N–H and O–H groups in total. The van der Waals surface area contributed by atoms with Crippen LogP contribution in [0, 0.1) is 10.1 Å². The van der Waals surface area contributed by atoms with Crippen molar-refractivity contribution >= 4 is 28.6 Å². The first-order valence-electron chi connectivity index (χ1n) is 6.56. The molecule has 1 heterocycles. The number of rotatable bonds is 4. The number of carbonyl (C=O) groups is 2. The summed E-state index contributed by atoms with van der Waals surface area (Å²) in [5.74, 6) is -0.710. The van der Waals surface area contributed by atoms with Gasteiger partial charge >= 0.3 is 11.9 Å². The molecule has 3 amide bonds. The predicted octanol–water partition coefficient (Wildman–Crippen LogP) is 1.31. The van der Waals surface area contributed by atoms with E-state index >= 15 is 0 Å². The molecule has 0 aliphatic carbocycles. The van der Waals surface area contributed by atoms with Crippen LogP contribution in [0.4, 0.5) is 10.5 Å². The SMILES string of the molecule is CCNC(=O)NNC(=O)c1cc2cc([N+](=O)[O-])cc(OC)c2o1. The standard InChI is InChI=1S/C13H14N4O6/c1-3-14-13(19)16-15-12(18)10-5-7-4-8(17(20)21)6-9(22-2)11(7)23-10/h4-6H,3H2,1-2H3,(H,15,18)(H2,14,16,19). The van der Waals surface area contributed by atoms with E-state index in [1.54, 1.807) is 6.92 Å². The number of hydrogen-bond donors (Lipinski definition) is 3. The number of nitro groups is 1. The van der Waals surface area contributed by atoms with Crippen LogP contribution in [0.3, 0.4) is 0 Å². The summed E-state index contributed by atoms with van der Waals surface area (Å²) in [4.78, 5) is 33.4. The fourth-order valence-electron chi connectivity index (χ4n) is 1.85. The zero-order chi connectivity index (χ0) is 17.0. The third-order valence-electron chi connectivity index (χ3n) is 2.85. The van der Waals surface area contributed by atoms with E-state index in [1.165, 1.54) is 25.3 Å². The second-order valence-corrected chi connectivity index (χ2v) is 4.37. The number of urea groups is 1. The average Bonchev–Trinajstić information content (AvgIpc) is 2.95. The monoisotopic (exact) mass is 322 g/mol. The molecule has 0 saturated heterocycles. The molecule has 0 unspecified atom stereocenters. The molecule has 0 aliphatic rings. The number of nitrogens with zero attached hydrogens (tertiary/aromatic N) is 1. The van der Waals surface area contributed by atoms with Crippen molar-refractivity contribution in [3.05, 3.63) is 34.1 Å². The molecule has 0 fully saturated rings. The second-order valence-electron chi connectivity index (χ2n) is 4.37. The summed E-state index contributed by atoms with van der Waals surface area (Å²) in [6.07, 6.45) is 0. The van der Waals surface area contributed by atoms with E-state index in [4.69, 9.17) is 9.15 Å². The van der Waals surface area contributed by atoms with E-state index in [0.717, 1.165) is 0 Å². The summed E-state index contributed by atoms with van der Waals surface area (Å²) >= 11 is 0. The van der Waals surface area contributed by atoms with Crippen LogP contribution >= 0.6 is 0 Å². The van der Waals surface area contributed by atoms with E-state index in [1.807, 2.05) is 0 Å². The molecule has 122 valence electrons. The van der Waals surface area contributed by atoms with Gasteiger partial charge in [-0.25, -0.2) is 10.2 Å². The fourth-order valence-corrected chi connectivity index (χ4v) is 1.85. The van der Waals surface area contributed by atoms with Gasteiger partial charge in [-0.2, -0.15) is 0 Å². The van der Waals surface area contributed by atoms with Crippen LogP contribution in [0.1, 0.15) is 17.5 Å². The van der Waals surface area contributed by atoms with Gasteiger partial charge in [0, 0.05) is 18.0 Å². The molecule has 1 aromatic carbocycles. The summed E-state index contributed by atoms with van der Waals surface area (Å²) in [5.41, 5.74) is 4.29. The molecule has 0 radical (unpaired) electrons. The van der Waals surface area contributed by atoms with Crippen molar-refractivity contribution < 1.29 is 23.7 Å². The minimum atomic E-state index is -0.711. The van der Waals surface area contributed by atoms with Gasteiger partial charge < -0.3 is 14.5 Å². The van der Waals surface area contributed by atoms with Crippen molar-refractivity contribution in [2.45, 2.75) is 6.92 Å². The lowest BCUT2D eigenvalue weighted by atomic mass is 10.2. The van der Waals surface area contributed by atoms with Gasteiger partial charge in [-0.3, -0.25) is 20.3 Å². The van der Waals surface area contributed by atoms with Crippen LogP contribution in [-0.2, 0) is 0 Å². The molecular formula is C13H14N4O6. The van der Waals surface area contributed by atoms with E-state index in [-0.39, 0.29) is 22.8 Å². The van der Waals surface area contributed by atoms with Gasteiger partial charge in [0.05, 0.1) is 18.1 Å². The summed E-state index contributed by atoms with van der Waals surface area (Å²) in [6, 6.07) is 3.19. The normalized spacial score (nSPS) is 10.2. The maximum atomic E-state index is 11.9. The number of methoxy groups -OCH3 is 1. The van der Waals surface area contributed by atoms with Crippen molar-refractivity contribution in [1.29, 1.82) is 0 Å². The highest BCUT2D eigenvalue weighted by Crippen LogP contribution is 2.33. The molecule has 2 rings (SSSR count). The predicted molar refractivity (Wildman–Crippen MR) is 79.1 cm³/mol. The molecule has 0 aliphatic heterocycles. The van der Waals surface area contributed by atoms with E-state index in [2.05, 4.69) is 16.2 Å². The number of carbonyl (C=O) groups excluding carboxylic acids is 2. The maximum Gasteiger partial charge on any atom is 0.333 e. The van der Waals surface area contributed by atoms with Crippen molar-refractivity contribution in [2.75, 3.05) is 13.7 Å². The molecule has 0 bridgehead atoms. The summed E-state index contributed by atoms with van der Waals surface area (Å²) in [5, 5.41) is 13.6. The minimum Gasteiger partial charge on any atom is -0.493 e. The molecule has 2 aromatic rings. The zero-order valence-electron chi connectivity index (χ0n) is 12.3. The molecule has 0 spiro atoms. The van der Waals surface area contributed by atoms with E-state index in [0.29, 0.717) is 11.9 Å². The lowest BCUT2D eigenvalue weighted by Crippen LogP contribution is -2.46. The van der Waals surface area contributed by atoms with Gasteiger partial charge in [0.2, 0.25) is 0 Å². The Hall–Kier alpha value is -3.30. The number of benzene rings is 1. The lowest BCUT2D eigenvalue weighted by molar-refractivity contribution is -0.384. The number of amides is 3. The van der Waals surface area contributed by atoms with Gasteiger partial charge in [-0.1, -0.05) is 0 Å². The Morgan fingerprint density at radius 1 is 1.30 bits per heavy atom. The zero-order valence-corrected chi connectivity index (χ0v) is 12.3. The minimum absolute atomic E-state index is 0.129. The number of fused-ring (bicyclic) bond motifs is 1. The van der Waals surface area contributed by atoms with Gasteiger partial charge in [-0.15, -0.1) is 0 Å². The van der Waals surface area contributed by atoms with Crippen molar-refractivity contribution in [3.63, 3.8) is 0 Å². The highest BCUT2D eigenvalue weighted by atomic mass is 16.6. The van der Waals surface area contributed by atoms with Crippen LogP contribution in [0.5, 0.6) is 5.75 Å². The number of nitrogens with one attached hydrogen (secondary N) is 3. The van der Waals surface area contributed by atoms with Gasteiger partial charge in [-0.05, 0) is 13.0 Å². The first-order valence-corrected chi connectivity index (χ1v) is 6.56. The molecule has 0 saturated carbocycles. The number of hydrogen-bond acceptors (Lipinski definition) is 6. The number of furan rings is 1. The van der Waals surface area contributed by atoms with Crippen molar-refractivity contribution in [2.24, 2.45) is 0 Å². The average molecular weight is 322 g/mol. The van der Waals surface area contributed by atoms with E-state index in [9.17, 15) is 19.7 Å². The van der Waals surface area contributed by atoms with Gasteiger partial charge in [0.25, 0.3) is 5.69 Å². The fraction of sp³-hybridized carbons (Fsp3) is 0.231. The largest absolute Gasteiger partial charge is 0.493 e. The Morgan fingerprint density at radius 3 is 2.65 bits per heavy atom. The Bertz CT molecular complexity index is 769. The van der Waals surface area contributed by atoms with Crippen molar-refractivity contribution in [1.82, 2.24) is 16.2 Å². The molecular weight excluding hydrogens is 308 g/mol. The van der Waals surface area contributed by atoms with E-state index < -0.39 is 16.9 Å². The van der Waals surface area contributed by atoms with Crippen LogP contribution < -0.4 is 20.9 Å². The molecule has 10 heteroatoms. The number of nitro benzene ring substituents is 1. The van der Waals surface area contributed by atoms with Crippen LogP contribution in [0.15, 0.2) is 22.6 Å². The number of non-ortho nitro benzene ring substituents is 1. The Balaban J connectivity index is 2.27. The van der Waals surface area contributed by atoms with Crippen molar-refractivity contribution in [3.8, 4) is 5.75 Å². The summed E-state index contributed by atoms with van der Waals surface area (Å²) < 4.78 is 10.4. The third-order valence-corrected chi connectivity index (χ3v) is 2.85. The highest BCUT2D eigenvalue weighted by Gasteiger charge is 2.19. The topological polar surface area (TPSA) is 136 Å². The first kappa shape index (κ1) is 16.1. The molecule has 10 nitrogen and oxygen atoms in total. The highest BCUT2D eigenvalue weighted by molar-refractivity contribution is 5.98. The second kappa shape index (κ2) is 6.64. The maximum absolute atomic E-state index is 11.9. The van der Waals surface area contributed by atoms with Crippen LogP contribution in [-0.4, -0.2) is 30.5 Å². The molecule has 1 aromatic heterocycles. The quantitative estimate of drug-likeness (QED) is 0.573. The number of hydrazine groups is 1.